The molecule has 0 N–H and O–H groups in total. The molecule has 8 rings (SSSR count). The van der Waals surface area contributed by atoms with Crippen molar-refractivity contribution in [3.63, 3.8) is 0 Å². The summed E-state index contributed by atoms with van der Waals surface area (Å²) < 4.78 is 12.6. The van der Waals surface area contributed by atoms with Crippen LogP contribution in [-0.4, -0.2) is 23.3 Å². The second-order valence-corrected chi connectivity index (χ2v) is 15.3. The Morgan fingerprint density at radius 3 is 1.78 bits per heavy atom. The van der Waals surface area contributed by atoms with Gasteiger partial charge < -0.3 is 4.57 Å². The summed E-state index contributed by atoms with van der Waals surface area (Å²) in [5.41, 5.74) is 8.47. The molecule has 8 aromatic rings. The van der Waals surface area contributed by atoms with E-state index in [1.165, 1.54) is 10.8 Å². The average Bonchev–Trinajstić information content (AvgIpc) is 3.10. The molecule has 1 heterocycles. The number of nitrogens with zero attached hydrogens (tertiary/aromatic N) is 2. The summed E-state index contributed by atoms with van der Waals surface area (Å²) >= 11 is 0. The highest BCUT2D eigenvalue weighted by molar-refractivity contribution is 7.70. The molecule has 0 unspecified atom stereocenters. The first-order valence-corrected chi connectivity index (χ1v) is 18.1. The van der Waals surface area contributed by atoms with E-state index in [1.54, 1.807) is 0 Å². The van der Waals surface area contributed by atoms with Gasteiger partial charge in [0.15, 0.2) is 5.82 Å². The number of fused-ring (bicyclic) bond motifs is 4. The van der Waals surface area contributed by atoms with E-state index in [1.807, 2.05) is 43.7 Å². The predicted octanol–water partition coefficient (Wildman–Crippen LogP) is 10.9. The van der Waals surface area contributed by atoms with Crippen molar-refractivity contribution in [3.8, 4) is 44.9 Å². The number of benzene rings is 7. The third-order valence-electron chi connectivity index (χ3n) is 8.79. The molecule has 0 amide bonds. The molecular weight excluding hydrogens is 579 g/mol. The maximum absolute atomic E-state index is 12.6. The highest BCUT2D eigenvalue weighted by Gasteiger charge is 2.16. The van der Waals surface area contributed by atoms with Gasteiger partial charge in [-0.25, -0.2) is 9.97 Å². The lowest BCUT2D eigenvalue weighted by Gasteiger charge is -2.15. The molecule has 0 saturated heterocycles. The Bertz CT molecular complexity index is 2460. The molecular formula is C42H31N2OP. The standard InChI is InChI=1S/C42H31N2OP/c1-46(2,45)33-22-19-29(20-23-33)34-25-26-35(38-18-9-8-17-37(34)38)31-14-10-15-32(27-31)40-39-24-21-28-11-6-7-16-36(28)41(39)44-42(43-40)30-12-4-3-5-13-30/h3-27H,1-2H3. The lowest BCUT2D eigenvalue weighted by molar-refractivity contribution is 0.588. The molecule has 0 bridgehead atoms. The number of hydrogen-bond donors (Lipinski definition) is 0. The normalized spacial score (nSPS) is 11.8. The van der Waals surface area contributed by atoms with Crippen molar-refractivity contribution in [1.29, 1.82) is 0 Å². The summed E-state index contributed by atoms with van der Waals surface area (Å²) in [5.74, 6) is 0.716. The first-order chi connectivity index (χ1) is 22.4. The smallest absolute Gasteiger partial charge is 0.160 e. The minimum absolute atomic E-state index is 0.716. The van der Waals surface area contributed by atoms with Crippen LogP contribution in [0.15, 0.2) is 152 Å². The molecule has 0 spiro atoms. The van der Waals surface area contributed by atoms with E-state index in [9.17, 15) is 4.57 Å². The van der Waals surface area contributed by atoms with Gasteiger partial charge in [0.25, 0.3) is 0 Å². The molecule has 3 nitrogen and oxygen atoms in total. The van der Waals surface area contributed by atoms with Crippen molar-refractivity contribution in [2.24, 2.45) is 0 Å². The van der Waals surface area contributed by atoms with E-state index in [0.717, 1.165) is 66.1 Å². The summed E-state index contributed by atoms with van der Waals surface area (Å²) in [4.78, 5) is 10.3. The van der Waals surface area contributed by atoms with Crippen LogP contribution in [0.25, 0.3) is 77.3 Å². The molecule has 0 aliphatic heterocycles. The summed E-state index contributed by atoms with van der Waals surface area (Å²) in [5, 5.41) is 6.57. The minimum Gasteiger partial charge on any atom is -0.319 e. The lowest BCUT2D eigenvalue weighted by Crippen LogP contribution is -2.01. The van der Waals surface area contributed by atoms with Gasteiger partial charge in [-0.05, 0) is 63.9 Å². The molecule has 1 aromatic heterocycles. The van der Waals surface area contributed by atoms with Crippen LogP contribution in [0, 0.1) is 0 Å². The van der Waals surface area contributed by atoms with Crippen molar-refractivity contribution in [2.45, 2.75) is 0 Å². The van der Waals surface area contributed by atoms with Crippen LogP contribution >= 0.6 is 7.14 Å². The maximum Gasteiger partial charge on any atom is 0.160 e. The van der Waals surface area contributed by atoms with Crippen LogP contribution in [-0.2, 0) is 4.57 Å². The van der Waals surface area contributed by atoms with Gasteiger partial charge in [-0.1, -0.05) is 140 Å². The van der Waals surface area contributed by atoms with Crippen molar-refractivity contribution < 1.29 is 4.57 Å². The van der Waals surface area contributed by atoms with Gasteiger partial charge in [-0.3, -0.25) is 0 Å². The molecule has 0 fully saturated rings. The third kappa shape index (κ3) is 5.00. The van der Waals surface area contributed by atoms with E-state index >= 15 is 0 Å². The van der Waals surface area contributed by atoms with Crippen LogP contribution in [0.5, 0.6) is 0 Å². The lowest BCUT2D eigenvalue weighted by atomic mass is 9.91. The first kappa shape index (κ1) is 28.1. The molecule has 0 saturated carbocycles. The zero-order chi connectivity index (χ0) is 31.3. The fourth-order valence-electron chi connectivity index (χ4n) is 6.44. The maximum atomic E-state index is 12.6. The molecule has 7 aromatic carbocycles. The SMILES string of the molecule is CP(C)(=O)c1ccc(-c2ccc(-c3cccc(-c4nc(-c5ccccc5)nc5c4ccc4ccccc45)c3)c3ccccc23)cc1. The summed E-state index contributed by atoms with van der Waals surface area (Å²) in [6, 6.07) is 52.8. The highest BCUT2D eigenvalue weighted by Crippen LogP contribution is 2.40. The Balaban J connectivity index is 1.30. The Morgan fingerprint density at radius 1 is 0.457 bits per heavy atom. The molecule has 0 radical (unpaired) electrons. The van der Waals surface area contributed by atoms with Crippen molar-refractivity contribution >= 4 is 44.9 Å². The number of hydrogen-bond acceptors (Lipinski definition) is 3. The van der Waals surface area contributed by atoms with Gasteiger partial charge in [-0.15, -0.1) is 0 Å². The number of rotatable bonds is 5. The summed E-state index contributed by atoms with van der Waals surface area (Å²) in [7, 11) is -2.31. The largest absolute Gasteiger partial charge is 0.319 e. The number of aromatic nitrogens is 2. The summed E-state index contributed by atoms with van der Waals surface area (Å²) in [6.45, 7) is 3.63. The van der Waals surface area contributed by atoms with Gasteiger partial charge in [0.1, 0.15) is 7.14 Å². The Kier molecular flexibility index (Phi) is 6.86. The van der Waals surface area contributed by atoms with Gasteiger partial charge in [0.2, 0.25) is 0 Å². The highest BCUT2D eigenvalue weighted by atomic mass is 31.2. The Labute approximate surface area is 268 Å². The van der Waals surface area contributed by atoms with Gasteiger partial charge in [0.05, 0.1) is 11.2 Å². The van der Waals surface area contributed by atoms with Gasteiger partial charge >= 0.3 is 0 Å². The molecule has 220 valence electrons. The van der Waals surface area contributed by atoms with E-state index < -0.39 is 7.14 Å². The average molecular weight is 611 g/mol. The van der Waals surface area contributed by atoms with Gasteiger partial charge in [0, 0.05) is 27.2 Å². The second kappa shape index (κ2) is 11.2. The van der Waals surface area contributed by atoms with E-state index in [4.69, 9.17) is 9.97 Å². The van der Waals surface area contributed by atoms with E-state index in [2.05, 4.69) is 121 Å². The van der Waals surface area contributed by atoms with Crippen molar-refractivity contribution in [1.82, 2.24) is 9.97 Å². The molecule has 0 aliphatic rings. The zero-order valence-electron chi connectivity index (χ0n) is 25.7. The van der Waals surface area contributed by atoms with Crippen molar-refractivity contribution in [3.05, 3.63) is 152 Å². The summed E-state index contributed by atoms with van der Waals surface area (Å²) in [6.07, 6.45) is 0. The van der Waals surface area contributed by atoms with Crippen LogP contribution < -0.4 is 5.30 Å². The molecule has 4 heteroatoms. The topological polar surface area (TPSA) is 42.9 Å². The van der Waals surface area contributed by atoms with E-state index in [0.29, 0.717) is 5.82 Å². The second-order valence-electron chi connectivity index (χ2n) is 12.1. The monoisotopic (exact) mass is 610 g/mol. The Hall–Kier alpha value is -5.37. The zero-order valence-corrected chi connectivity index (χ0v) is 26.6. The third-order valence-corrected chi connectivity index (χ3v) is 10.3. The fraction of sp³-hybridized carbons (Fsp3) is 0.0476. The van der Waals surface area contributed by atoms with Crippen LogP contribution in [0.1, 0.15) is 0 Å². The van der Waals surface area contributed by atoms with Crippen molar-refractivity contribution in [2.75, 3.05) is 13.3 Å². The molecule has 46 heavy (non-hydrogen) atoms. The minimum atomic E-state index is -2.31. The van der Waals surface area contributed by atoms with Crippen LogP contribution in [0.4, 0.5) is 0 Å². The van der Waals surface area contributed by atoms with Crippen LogP contribution in [0.3, 0.4) is 0 Å². The van der Waals surface area contributed by atoms with E-state index in [-0.39, 0.29) is 0 Å². The van der Waals surface area contributed by atoms with Crippen LogP contribution in [0.2, 0.25) is 0 Å². The molecule has 0 atom stereocenters. The molecule has 0 aliphatic carbocycles. The predicted molar refractivity (Wildman–Crippen MR) is 195 cm³/mol. The van der Waals surface area contributed by atoms with Gasteiger partial charge in [-0.2, -0.15) is 0 Å². The first-order valence-electron chi connectivity index (χ1n) is 15.5. The quantitative estimate of drug-likeness (QED) is 0.144. The Morgan fingerprint density at radius 2 is 1.07 bits per heavy atom. The fourth-order valence-corrected chi connectivity index (χ4v) is 7.30.